The molecule has 0 unspecified atom stereocenters. The van der Waals surface area contributed by atoms with E-state index in [1.807, 2.05) is 6.07 Å². The molecule has 37 heavy (non-hydrogen) atoms. The molecule has 4 rings (SSSR count). The number of hydrogen-bond donors (Lipinski definition) is 0. The fraction of sp³-hybridized carbons (Fsp3) is 0.500. The van der Waals surface area contributed by atoms with Gasteiger partial charge in [-0.15, -0.1) is 0 Å². The van der Waals surface area contributed by atoms with E-state index >= 15 is 0 Å². The number of ether oxygens (including phenoxy) is 2. The van der Waals surface area contributed by atoms with Crippen LogP contribution in [0.25, 0.3) is 0 Å². The third kappa shape index (κ3) is 6.73. The minimum absolute atomic E-state index is 0.0850. The molecule has 0 saturated heterocycles. The Labute approximate surface area is 223 Å². The van der Waals surface area contributed by atoms with E-state index in [2.05, 4.69) is 18.7 Å². The van der Waals surface area contributed by atoms with Crippen molar-refractivity contribution in [3.05, 3.63) is 52.3 Å². The second-order valence-electron chi connectivity index (χ2n) is 9.87. The summed E-state index contributed by atoms with van der Waals surface area (Å²) in [5.41, 5.74) is 1.99. The van der Waals surface area contributed by atoms with E-state index in [1.54, 1.807) is 21.9 Å². The zero-order valence-corrected chi connectivity index (χ0v) is 22.5. The second kappa shape index (κ2) is 12.1. The van der Waals surface area contributed by atoms with Gasteiger partial charge in [-0.3, -0.25) is 14.5 Å². The highest BCUT2D eigenvalue weighted by Crippen LogP contribution is 2.38. The van der Waals surface area contributed by atoms with Gasteiger partial charge in [-0.25, -0.2) is 4.39 Å². The molecule has 2 aliphatic rings. The summed E-state index contributed by atoms with van der Waals surface area (Å²) in [6.07, 6.45) is 1.64. The number of rotatable bonds is 3. The Kier molecular flexibility index (Phi) is 8.92. The molecule has 2 amide bonds. The van der Waals surface area contributed by atoms with Crippen molar-refractivity contribution < 1.29 is 23.5 Å². The molecule has 0 N–H and O–H groups in total. The Hall–Kier alpha value is -2.84. The van der Waals surface area contributed by atoms with Gasteiger partial charge in [0.05, 0.1) is 30.3 Å². The van der Waals surface area contributed by atoms with Gasteiger partial charge in [0.2, 0.25) is 11.8 Å². The lowest BCUT2D eigenvalue weighted by molar-refractivity contribution is -0.131. The van der Waals surface area contributed by atoms with Crippen LogP contribution in [-0.2, 0) is 22.6 Å². The zero-order chi connectivity index (χ0) is 26.5. The maximum atomic E-state index is 14.3. The minimum Gasteiger partial charge on any atom is -0.489 e. The van der Waals surface area contributed by atoms with Crippen molar-refractivity contribution >= 4 is 29.1 Å². The van der Waals surface area contributed by atoms with Gasteiger partial charge < -0.3 is 19.3 Å². The van der Waals surface area contributed by atoms with Gasteiger partial charge in [0.15, 0.2) is 11.5 Å². The molecule has 0 fully saturated rings. The van der Waals surface area contributed by atoms with Gasteiger partial charge >= 0.3 is 0 Å². The Balaban J connectivity index is 1.64. The number of hydrogen-bond acceptors (Lipinski definition) is 5. The SMILES string of the molecule is CC(=O)N1CCCN(C(C)C)CCN(C(=O)Cc2cc(Cl)c3c(c2)OCCCO3)Cc2ccc(F)cc21. The first kappa shape index (κ1) is 27.2. The van der Waals surface area contributed by atoms with Crippen LogP contribution < -0.4 is 14.4 Å². The maximum absolute atomic E-state index is 14.3. The molecule has 2 aromatic carbocycles. The highest BCUT2D eigenvalue weighted by atomic mass is 35.5. The standard InChI is InChI=1S/C28H35ClFN3O4/c1-19(2)31-8-4-9-33(20(3)34)25-17-23(30)7-6-22(25)18-32(11-10-31)27(35)16-21-14-24(29)28-26(15-21)36-12-5-13-37-28/h6-7,14-15,17,19H,4-5,8-13,16,18H2,1-3H3. The predicted molar refractivity (Wildman–Crippen MR) is 142 cm³/mol. The highest BCUT2D eigenvalue weighted by Gasteiger charge is 2.24. The molecule has 0 radical (unpaired) electrons. The fourth-order valence-corrected chi connectivity index (χ4v) is 5.14. The van der Waals surface area contributed by atoms with Gasteiger partial charge in [0.1, 0.15) is 5.82 Å². The van der Waals surface area contributed by atoms with Gasteiger partial charge in [0, 0.05) is 52.1 Å². The molecule has 0 spiro atoms. The monoisotopic (exact) mass is 531 g/mol. The lowest BCUT2D eigenvalue weighted by Gasteiger charge is -2.30. The van der Waals surface area contributed by atoms with Gasteiger partial charge in [0.25, 0.3) is 0 Å². The Bertz CT molecular complexity index is 1140. The zero-order valence-electron chi connectivity index (χ0n) is 21.8. The molecule has 0 saturated carbocycles. The van der Waals surface area contributed by atoms with Crippen molar-refractivity contribution in [2.75, 3.05) is 44.3 Å². The molecule has 7 nitrogen and oxygen atoms in total. The number of benzene rings is 2. The van der Waals surface area contributed by atoms with Crippen LogP contribution in [0.15, 0.2) is 30.3 Å². The lowest BCUT2D eigenvalue weighted by atomic mass is 10.1. The number of fused-ring (bicyclic) bond motifs is 2. The van der Waals surface area contributed by atoms with Crippen molar-refractivity contribution in [3.63, 3.8) is 0 Å². The molecule has 2 heterocycles. The molecular formula is C28H35ClFN3O4. The first-order chi connectivity index (χ1) is 17.7. The van der Waals surface area contributed by atoms with E-state index < -0.39 is 5.82 Å². The summed E-state index contributed by atoms with van der Waals surface area (Å²) < 4.78 is 25.8. The number of amides is 2. The molecule has 200 valence electrons. The topological polar surface area (TPSA) is 62.3 Å². The van der Waals surface area contributed by atoms with Crippen molar-refractivity contribution in [3.8, 4) is 11.5 Å². The van der Waals surface area contributed by atoms with Gasteiger partial charge in [-0.2, -0.15) is 0 Å². The third-order valence-electron chi connectivity index (χ3n) is 6.86. The fourth-order valence-electron chi connectivity index (χ4n) is 4.85. The molecule has 0 bridgehead atoms. The van der Waals surface area contributed by atoms with E-state index in [0.717, 1.165) is 30.5 Å². The van der Waals surface area contributed by atoms with E-state index in [1.165, 1.54) is 19.1 Å². The molecule has 0 aliphatic carbocycles. The Morgan fingerprint density at radius 1 is 1.03 bits per heavy atom. The normalized spacial score (nSPS) is 17.1. The summed E-state index contributed by atoms with van der Waals surface area (Å²) in [5.74, 6) is 0.413. The number of nitrogens with zero attached hydrogens (tertiary/aromatic N) is 3. The predicted octanol–water partition coefficient (Wildman–Crippen LogP) is 4.68. The van der Waals surface area contributed by atoms with Crippen LogP contribution in [0.1, 0.15) is 44.7 Å². The second-order valence-corrected chi connectivity index (χ2v) is 10.3. The number of anilines is 1. The first-order valence-corrected chi connectivity index (χ1v) is 13.3. The average molecular weight is 532 g/mol. The van der Waals surface area contributed by atoms with Crippen LogP contribution in [0.2, 0.25) is 5.02 Å². The van der Waals surface area contributed by atoms with E-state index in [-0.39, 0.29) is 30.8 Å². The van der Waals surface area contributed by atoms with Crippen molar-refractivity contribution in [2.24, 2.45) is 0 Å². The number of halogens is 2. The quantitative estimate of drug-likeness (QED) is 0.575. The number of carbonyl (C=O) groups is 2. The third-order valence-corrected chi connectivity index (χ3v) is 7.14. The van der Waals surface area contributed by atoms with Crippen LogP contribution in [0, 0.1) is 5.82 Å². The van der Waals surface area contributed by atoms with Crippen molar-refractivity contribution in [1.29, 1.82) is 0 Å². The van der Waals surface area contributed by atoms with E-state index in [0.29, 0.717) is 55.1 Å². The largest absolute Gasteiger partial charge is 0.489 e. The number of carbonyl (C=O) groups excluding carboxylic acids is 2. The van der Waals surface area contributed by atoms with E-state index in [9.17, 15) is 14.0 Å². The molecule has 2 aliphatic heterocycles. The van der Waals surface area contributed by atoms with Crippen LogP contribution in [0.5, 0.6) is 11.5 Å². The lowest BCUT2D eigenvalue weighted by Crippen LogP contribution is -2.41. The smallest absolute Gasteiger partial charge is 0.227 e. The summed E-state index contributed by atoms with van der Waals surface area (Å²) in [5, 5.41) is 0.420. The minimum atomic E-state index is -0.414. The van der Waals surface area contributed by atoms with Crippen LogP contribution in [0.3, 0.4) is 0 Å². The summed E-state index contributed by atoms with van der Waals surface area (Å²) >= 11 is 6.47. The average Bonchev–Trinajstić information content (AvgIpc) is 3.10. The van der Waals surface area contributed by atoms with Crippen LogP contribution in [-0.4, -0.2) is 67.0 Å². The summed E-state index contributed by atoms with van der Waals surface area (Å²) in [6.45, 7) is 9.52. The van der Waals surface area contributed by atoms with Crippen molar-refractivity contribution in [2.45, 2.75) is 52.6 Å². The Morgan fingerprint density at radius 3 is 2.57 bits per heavy atom. The highest BCUT2D eigenvalue weighted by molar-refractivity contribution is 6.32. The summed E-state index contributed by atoms with van der Waals surface area (Å²) in [7, 11) is 0. The molecular weight excluding hydrogens is 497 g/mol. The Morgan fingerprint density at radius 2 is 1.81 bits per heavy atom. The first-order valence-electron chi connectivity index (χ1n) is 12.9. The molecule has 9 heteroatoms. The van der Waals surface area contributed by atoms with Gasteiger partial charge in [-0.05, 0) is 55.7 Å². The molecule has 0 aromatic heterocycles. The molecule has 0 atom stereocenters. The maximum Gasteiger partial charge on any atom is 0.227 e. The van der Waals surface area contributed by atoms with Crippen LogP contribution in [0.4, 0.5) is 10.1 Å². The summed E-state index contributed by atoms with van der Waals surface area (Å²) in [4.78, 5) is 31.9. The van der Waals surface area contributed by atoms with Crippen molar-refractivity contribution in [1.82, 2.24) is 9.80 Å². The van der Waals surface area contributed by atoms with Crippen LogP contribution >= 0.6 is 11.6 Å². The van der Waals surface area contributed by atoms with E-state index in [4.69, 9.17) is 21.1 Å². The van der Waals surface area contributed by atoms with Gasteiger partial charge in [-0.1, -0.05) is 17.7 Å². The molecule has 2 aromatic rings. The summed E-state index contributed by atoms with van der Waals surface area (Å²) in [6, 6.07) is 8.29.